The van der Waals surface area contributed by atoms with Gasteiger partial charge in [-0.15, -0.1) is 0 Å². The monoisotopic (exact) mass is 283 g/mol. The predicted molar refractivity (Wildman–Crippen MR) is 48.7 cm³/mol. The van der Waals surface area contributed by atoms with Gasteiger partial charge in [-0.2, -0.15) is 4.39 Å². The zero-order valence-electron chi connectivity index (χ0n) is 7.18. The van der Waals surface area contributed by atoms with Gasteiger partial charge >= 0.3 is 5.97 Å². The molecule has 0 unspecified atom stereocenters. The van der Waals surface area contributed by atoms with Crippen LogP contribution >= 0.6 is 15.9 Å². The molecule has 0 saturated carbocycles. The highest BCUT2D eigenvalue weighted by molar-refractivity contribution is 9.08. The molecule has 0 aliphatic rings. The first-order chi connectivity index (χ1) is 6.97. The second-order valence-corrected chi connectivity index (χ2v) is 3.16. The number of hydrogen-bond donors (Lipinski definition) is 1. The van der Waals surface area contributed by atoms with E-state index in [9.17, 15) is 18.0 Å². The van der Waals surface area contributed by atoms with E-state index in [2.05, 4.69) is 20.9 Å². The van der Waals surface area contributed by atoms with E-state index >= 15 is 0 Å². The Balaban J connectivity index is 3.47. The molecular formula is C8H5BrF3NO2. The average Bonchev–Trinajstić information content (AvgIpc) is 2.15. The Morgan fingerprint density at radius 3 is 2.60 bits per heavy atom. The second kappa shape index (κ2) is 4.61. The summed E-state index contributed by atoms with van der Waals surface area (Å²) in [6, 6.07) is 0.810. The molecule has 0 spiro atoms. The SMILES string of the molecule is O=C(O)c1c(CBr)cc(F)nc1C(F)F. The standard InChI is InChI=1S/C8H5BrF3NO2/c9-2-3-1-4(10)13-6(7(11)12)5(3)8(14)15/h1,7H,2H2,(H,14,15). The number of carbonyl (C=O) groups is 1. The van der Waals surface area contributed by atoms with Crippen molar-refractivity contribution in [3.05, 3.63) is 28.8 Å². The number of rotatable bonds is 3. The molecule has 1 aromatic rings. The second-order valence-electron chi connectivity index (χ2n) is 2.60. The maximum Gasteiger partial charge on any atom is 0.338 e. The molecule has 0 fully saturated rings. The Morgan fingerprint density at radius 1 is 1.60 bits per heavy atom. The van der Waals surface area contributed by atoms with Crippen LogP contribution in [0.15, 0.2) is 6.07 Å². The van der Waals surface area contributed by atoms with Crippen molar-refractivity contribution >= 4 is 21.9 Å². The van der Waals surface area contributed by atoms with Gasteiger partial charge in [-0.05, 0) is 11.6 Å². The van der Waals surface area contributed by atoms with Gasteiger partial charge in [-0.25, -0.2) is 18.6 Å². The van der Waals surface area contributed by atoms with Crippen LogP contribution in [0.5, 0.6) is 0 Å². The Morgan fingerprint density at radius 2 is 2.20 bits per heavy atom. The zero-order chi connectivity index (χ0) is 11.6. The number of halogens is 4. The molecular weight excluding hydrogens is 279 g/mol. The lowest BCUT2D eigenvalue weighted by atomic mass is 10.1. The van der Waals surface area contributed by atoms with E-state index in [0.717, 1.165) is 6.07 Å². The van der Waals surface area contributed by atoms with Crippen molar-refractivity contribution in [1.29, 1.82) is 0 Å². The minimum atomic E-state index is -3.12. The number of nitrogens with zero attached hydrogens (tertiary/aromatic N) is 1. The lowest BCUT2D eigenvalue weighted by Crippen LogP contribution is -2.10. The molecule has 1 N–H and O–H groups in total. The van der Waals surface area contributed by atoms with Gasteiger partial charge in [-0.1, -0.05) is 15.9 Å². The lowest BCUT2D eigenvalue weighted by Gasteiger charge is -2.08. The smallest absolute Gasteiger partial charge is 0.338 e. The fourth-order valence-corrected chi connectivity index (χ4v) is 1.54. The van der Waals surface area contributed by atoms with E-state index in [1.54, 1.807) is 0 Å². The van der Waals surface area contributed by atoms with E-state index < -0.39 is 29.6 Å². The summed E-state index contributed by atoms with van der Waals surface area (Å²) in [6.45, 7) is 0. The van der Waals surface area contributed by atoms with Gasteiger partial charge in [0.2, 0.25) is 5.95 Å². The van der Waals surface area contributed by atoms with Crippen molar-refractivity contribution in [3.63, 3.8) is 0 Å². The van der Waals surface area contributed by atoms with Gasteiger partial charge in [0.1, 0.15) is 5.69 Å². The minimum absolute atomic E-state index is 0.0339. The molecule has 0 atom stereocenters. The van der Waals surface area contributed by atoms with Crippen LogP contribution in [0.3, 0.4) is 0 Å². The summed E-state index contributed by atoms with van der Waals surface area (Å²) < 4.78 is 37.5. The predicted octanol–water partition coefficient (Wildman–Crippen LogP) is 2.75. The highest BCUT2D eigenvalue weighted by Gasteiger charge is 2.24. The summed E-state index contributed by atoms with van der Waals surface area (Å²) in [5.74, 6) is -2.67. The van der Waals surface area contributed by atoms with E-state index in [4.69, 9.17) is 5.11 Å². The number of hydrogen-bond acceptors (Lipinski definition) is 2. The molecule has 0 radical (unpaired) electrons. The van der Waals surface area contributed by atoms with Crippen molar-refractivity contribution in [3.8, 4) is 0 Å². The molecule has 0 aromatic carbocycles. The van der Waals surface area contributed by atoms with Crippen LogP contribution in [-0.4, -0.2) is 16.1 Å². The first kappa shape index (κ1) is 12.0. The topological polar surface area (TPSA) is 50.2 Å². The molecule has 0 aliphatic heterocycles. The minimum Gasteiger partial charge on any atom is -0.478 e. The Hall–Kier alpha value is -1.11. The molecule has 82 valence electrons. The molecule has 3 nitrogen and oxygen atoms in total. The molecule has 0 saturated heterocycles. The molecule has 0 amide bonds. The quantitative estimate of drug-likeness (QED) is 0.686. The van der Waals surface area contributed by atoms with Crippen molar-refractivity contribution in [2.24, 2.45) is 0 Å². The summed E-state index contributed by atoms with van der Waals surface area (Å²) >= 11 is 2.89. The molecule has 0 aliphatic carbocycles. The fourth-order valence-electron chi connectivity index (χ4n) is 1.09. The third kappa shape index (κ3) is 2.47. The van der Waals surface area contributed by atoms with Crippen LogP contribution in [0.25, 0.3) is 0 Å². The Bertz CT molecular complexity index is 398. The molecule has 1 aromatic heterocycles. The number of aromatic carboxylic acids is 1. The van der Waals surface area contributed by atoms with Gasteiger partial charge in [0.25, 0.3) is 6.43 Å². The largest absolute Gasteiger partial charge is 0.478 e. The molecule has 7 heteroatoms. The first-order valence-electron chi connectivity index (χ1n) is 3.74. The highest BCUT2D eigenvalue weighted by Crippen LogP contribution is 2.25. The molecule has 1 heterocycles. The average molecular weight is 284 g/mol. The Labute approximate surface area is 91.1 Å². The van der Waals surface area contributed by atoms with Gasteiger partial charge < -0.3 is 5.11 Å². The van der Waals surface area contributed by atoms with Crippen LogP contribution in [0.2, 0.25) is 0 Å². The van der Waals surface area contributed by atoms with E-state index in [1.807, 2.05) is 0 Å². The van der Waals surface area contributed by atoms with Crippen LogP contribution in [0, 0.1) is 5.95 Å². The van der Waals surface area contributed by atoms with Gasteiger partial charge in [0.15, 0.2) is 0 Å². The normalized spacial score (nSPS) is 10.7. The third-order valence-electron chi connectivity index (χ3n) is 1.66. The number of carboxylic acids is 1. The summed E-state index contributed by atoms with van der Waals surface area (Å²) in [7, 11) is 0. The van der Waals surface area contributed by atoms with Crippen molar-refractivity contribution in [2.45, 2.75) is 11.8 Å². The van der Waals surface area contributed by atoms with E-state index in [0.29, 0.717) is 0 Å². The van der Waals surface area contributed by atoms with E-state index in [1.165, 1.54) is 0 Å². The van der Waals surface area contributed by atoms with Gasteiger partial charge in [-0.3, -0.25) is 0 Å². The zero-order valence-corrected chi connectivity index (χ0v) is 8.76. The maximum absolute atomic E-state index is 12.8. The number of pyridine rings is 1. The molecule has 0 bridgehead atoms. The highest BCUT2D eigenvalue weighted by atomic mass is 79.9. The summed E-state index contributed by atoms with van der Waals surface area (Å²) in [5, 5.41) is 8.67. The fraction of sp³-hybridized carbons (Fsp3) is 0.250. The van der Waals surface area contributed by atoms with Crippen LogP contribution in [0.4, 0.5) is 13.2 Å². The first-order valence-corrected chi connectivity index (χ1v) is 4.86. The number of alkyl halides is 3. The summed E-state index contributed by atoms with van der Waals surface area (Å²) in [5.41, 5.74) is -1.76. The van der Waals surface area contributed by atoms with Crippen molar-refractivity contribution in [1.82, 2.24) is 4.98 Å². The summed E-state index contributed by atoms with van der Waals surface area (Å²) in [4.78, 5) is 13.6. The maximum atomic E-state index is 12.8. The van der Waals surface area contributed by atoms with Crippen molar-refractivity contribution < 1.29 is 23.1 Å². The van der Waals surface area contributed by atoms with E-state index in [-0.39, 0.29) is 10.9 Å². The molecule has 15 heavy (non-hydrogen) atoms. The summed E-state index contributed by atoms with van der Waals surface area (Å²) in [6.07, 6.45) is -3.12. The van der Waals surface area contributed by atoms with Crippen molar-refractivity contribution in [2.75, 3.05) is 0 Å². The lowest BCUT2D eigenvalue weighted by molar-refractivity contribution is 0.0680. The van der Waals surface area contributed by atoms with Crippen LogP contribution in [-0.2, 0) is 5.33 Å². The number of aromatic nitrogens is 1. The van der Waals surface area contributed by atoms with Crippen LogP contribution < -0.4 is 0 Å². The Kier molecular flexibility index (Phi) is 3.67. The number of carboxylic acid groups (broad SMARTS) is 1. The third-order valence-corrected chi connectivity index (χ3v) is 2.27. The van der Waals surface area contributed by atoms with Crippen LogP contribution in [0.1, 0.15) is 28.0 Å². The van der Waals surface area contributed by atoms with Gasteiger partial charge in [0.05, 0.1) is 5.56 Å². The van der Waals surface area contributed by atoms with Gasteiger partial charge in [0, 0.05) is 5.33 Å². The molecule has 1 rings (SSSR count).